The third-order valence-electron chi connectivity index (χ3n) is 4.37. The molecule has 0 radical (unpaired) electrons. The van der Waals surface area contributed by atoms with E-state index in [0.717, 1.165) is 12.1 Å². The number of para-hydroxylation sites is 2. The molecule has 2 aromatic rings. The van der Waals surface area contributed by atoms with Gasteiger partial charge in [-0.25, -0.2) is 12.8 Å². The highest BCUT2D eigenvalue weighted by molar-refractivity contribution is 7.89. The van der Waals surface area contributed by atoms with Crippen LogP contribution in [0.25, 0.3) is 0 Å². The SMILES string of the molecule is CCOc1ccccc1NC(=O)[C@@H]1CCCN1S(=O)(=O)c1ccc(F)cc1. The lowest BCUT2D eigenvalue weighted by Gasteiger charge is -2.24. The van der Waals surface area contributed by atoms with E-state index >= 15 is 0 Å². The van der Waals surface area contributed by atoms with Crippen LogP contribution in [0.5, 0.6) is 5.75 Å². The molecule has 3 rings (SSSR count). The Bertz CT molecular complexity index is 916. The van der Waals surface area contributed by atoms with Crippen LogP contribution in [0.1, 0.15) is 19.8 Å². The minimum atomic E-state index is -3.89. The van der Waals surface area contributed by atoms with Crippen LogP contribution in [-0.4, -0.2) is 37.8 Å². The fourth-order valence-corrected chi connectivity index (χ4v) is 4.76. The zero-order valence-electron chi connectivity index (χ0n) is 14.9. The molecule has 2 aromatic carbocycles. The maximum atomic E-state index is 13.1. The number of nitrogens with zero attached hydrogens (tertiary/aromatic N) is 1. The van der Waals surface area contributed by atoms with E-state index in [-0.39, 0.29) is 11.4 Å². The summed E-state index contributed by atoms with van der Waals surface area (Å²) in [7, 11) is -3.89. The van der Waals surface area contributed by atoms with E-state index in [9.17, 15) is 17.6 Å². The summed E-state index contributed by atoms with van der Waals surface area (Å²) in [6.07, 6.45) is 0.995. The number of carbonyl (C=O) groups excluding carboxylic acids is 1. The standard InChI is InChI=1S/C19H21FN2O4S/c1-2-26-18-8-4-3-6-16(18)21-19(23)17-7-5-13-22(17)27(24,25)15-11-9-14(20)10-12-15/h3-4,6,8-12,17H,2,5,7,13H2,1H3,(H,21,23)/t17-/m0/s1. The summed E-state index contributed by atoms with van der Waals surface area (Å²) in [5.74, 6) is -0.401. The molecule has 1 saturated heterocycles. The van der Waals surface area contributed by atoms with Gasteiger partial charge in [0.25, 0.3) is 0 Å². The lowest BCUT2D eigenvalue weighted by molar-refractivity contribution is -0.119. The maximum Gasteiger partial charge on any atom is 0.243 e. The van der Waals surface area contributed by atoms with Gasteiger partial charge in [0.2, 0.25) is 15.9 Å². The predicted molar refractivity (Wildman–Crippen MR) is 99.6 cm³/mol. The minimum absolute atomic E-state index is 0.0293. The highest BCUT2D eigenvalue weighted by atomic mass is 32.2. The number of carbonyl (C=O) groups is 1. The Balaban J connectivity index is 1.82. The number of hydrogen-bond acceptors (Lipinski definition) is 4. The van der Waals surface area contributed by atoms with Crippen molar-refractivity contribution in [2.45, 2.75) is 30.7 Å². The van der Waals surface area contributed by atoms with Gasteiger partial charge < -0.3 is 10.1 Å². The molecule has 144 valence electrons. The number of hydrogen-bond donors (Lipinski definition) is 1. The Morgan fingerprint density at radius 2 is 1.93 bits per heavy atom. The lowest BCUT2D eigenvalue weighted by atomic mass is 10.2. The van der Waals surface area contributed by atoms with Crippen molar-refractivity contribution in [2.24, 2.45) is 0 Å². The molecule has 1 fully saturated rings. The highest BCUT2D eigenvalue weighted by Gasteiger charge is 2.39. The molecule has 0 saturated carbocycles. The fourth-order valence-electron chi connectivity index (χ4n) is 3.10. The molecule has 1 atom stereocenters. The molecule has 0 bridgehead atoms. The zero-order valence-corrected chi connectivity index (χ0v) is 15.7. The summed E-state index contributed by atoms with van der Waals surface area (Å²) in [5, 5.41) is 2.77. The first-order valence-corrected chi connectivity index (χ1v) is 10.2. The first-order valence-electron chi connectivity index (χ1n) is 8.73. The molecule has 0 aromatic heterocycles. The van der Waals surface area contributed by atoms with Crippen molar-refractivity contribution in [2.75, 3.05) is 18.5 Å². The topological polar surface area (TPSA) is 75.7 Å². The first-order chi connectivity index (χ1) is 12.9. The van der Waals surface area contributed by atoms with Crippen LogP contribution >= 0.6 is 0 Å². The molecule has 1 aliphatic rings. The third kappa shape index (κ3) is 4.12. The summed E-state index contributed by atoms with van der Waals surface area (Å²) < 4.78 is 45.6. The van der Waals surface area contributed by atoms with Gasteiger partial charge in [0.1, 0.15) is 17.6 Å². The van der Waals surface area contributed by atoms with E-state index in [1.807, 2.05) is 6.92 Å². The van der Waals surface area contributed by atoms with Gasteiger partial charge in [-0.15, -0.1) is 0 Å². The molecule has 1 heterocycles. The molecular weight excluding hydrogens is 371 g/mol. The van der Waals surface area contributed by atoms with Crippen LogP contribution in [0.3, 0.4) is 0 Å². The van der Waals surface area contributed by atoms with E-state index in [1.54, 1.807) is 24.3 Å². The summed E-state index contributed by atoms with van der Waals surface area (Å²) in [6, 6.07) is 10.8. The van der Waals surface area contributed by atoms with E-state index in [1.165, 1.54) is 16.4 Å². The Kier molecular flexibility index (Phi) is 5.76. The van der Waals surface area contributed by atoms with Crippen molar-refractivity contribution in [1.82, 2.24) is 4.31 Å². The second-order valence-electron chi connectivity index (χ2n) is 6.15. The van der Waals surface area contributed by atoms with Gasteiger partial charge in [-0.05, 0) is 56.2 Å². The number of benzene rings is 2. The Morgan fingerprint density at radius 1 is 1.22 bits per heavy atom. The number of anilines is 1. The van der Waals surface area contributed by atoms with Crippen LogP contribution in [0.15, 0.2) is 53.4 Å². The van der Waals surface area contributed by atoms with Crippen LogP contribution in [-0.2, 0) is 14.8 Å². The largest absolute Gasteiger partial charge is 0.492 e. The number of sulfonamides is 1. The number of halogens is 1. The van der Waals surface area contributed by atoms with Gasteiger partial charge in [0.05, 0.1) is 17.2 Å². The molecule has 0 spiro atoms. The number of ether oxygens (including phenoxy) is 1. The first kappa shape index (κ1) is 19.3. The van der Waals surface area contributed by atoms with Gasteiger partial charge in [-0.3, -0.25) is 4.79 Å². The fraction of sp³-hybridized carbons (Fsp3) is 0.316. The highest BCUT2D eigenvalue weighted by Crippen LogP contribution is 2.29. The number of rotatable bonds is 6. The molecule has 8 heteroatoms. The molecule has 6 nitrogen and oxygen atoms in total. The van der Waals surface area contributed by atoms with Crippen LogP contribution in [0.2, 0.25) is 0 Å². The smallest absolute Gasteiger partial charge is 0.243 e. The second-order valence-corrected chi connectivity index (χ2v) is 8.04. The average Bonchev–Trinajstić information content (AvgIpc) is 3.15. The summed E-state index contributed by atoms with van der Waals surface area (Å²) >= 11 is 0. The van der Waals surface area contributed by atoms with Crippen molar-refractivity contribution < 1.29 is 22.3 Å². The van der Waals surface area contributed by atoms with E-state index in [2.05, 4.69) is 5.32 Å². The molecule has 0 unspecified atom stereocenters. The summed E-state index contributed by atoms with van der Waals surface area (Å²) in [4.78, 5) is 12.8. The van der Waals surface area contributed by atoms with Crippen molar-refractivity contribution in [1.29, 1.82) is 0 Å². The monoisotopic (exact) mass is 392 g/mol. The molecule has 1 N–H and O–H groups in total. The number of amides is 1. The predicted octanol–water partition coefficient (Wildman–Crippen LogP) is 3.02. The molecule has 27 heavy (non-hydrogen) atoms. The van der Waals surface area contributed by atoms with Gasteiger partial charge >= 0.3 is 0 Å². The van der Waals surface area contributed by atoms with E-state index in [0.29, 0.717) is 30.9 Å². The Labute approximate surface area is 158 Å². The van der Waals surface area contributed by atoms with Crippen LogP contribution in [0.4, 0.5) is 10.1 Å². The maximum absolute atomic E-state index is 13.1. The van der Waals surface area contributed by atoms with Gasteiger partial charge in [0.15, 0.2) is 0 Å². The van der Waals surface area contributed by atoms with Gasteiger partial charge in [-0.1, -0.05) is 12.1 Å². The van der Waals surface area contributed by atoms with Crippen molar-refractivity contribution in [3.8, 4) is 5.75 Å². The molecular formula is C19H21FN2O4S. The van der Waals surface area contributed by atoms with E-state index in [4.69, 9.17) is 4.74 Å². The summed E-state index contributed by atoms with van der Waals surface area (Å²) in [5.41, 5.74) is 0.496. The Morgan fingerprint density at radius 3 is 2.63 bits per heavy atom. The van der Waals surface area contributed by atoms with Crippen LogP contribution < -0.4 is 10.1 Å². The lowest BCUT2D eigenvalue weighted by Crippen LogP contribution is -2.43. The molecule has 1 amide bonds. The van der Waals surface area contributed by atoms with Gasteiger partial charge in [-0.2, -0.15) is 4.31 Å². The zero-order chi connectivity index (χ0) is 19.4. The Hall–Kier alpha value is -2.45. The minimum Gasteiger partial charge on any atom is -0.492 e. The number of nitrogens with one attached hydrogen (secondary N) is 1. The molecule has 0 aliphatic carbocycles. The van der Waals surface area contributed by atoms with Crippen molar-refractivity contribution in [3.63, 3.8) is 0 Å². The average molecular weight is 392 g/mol. The van der Waals surface area contributed by atoms with Crippen molar-refractivity contribution in [3.05, 3.63) is 54.3 Å². The third-order valence-corrected chi connectivity index (χ3v) is 6.29. The second kappa shape index (κ2) is 8.06. The molecule has 1 aliphatic heterocycles. The summed E-state index contributed by atoms with van der Waals surface area (Å²) in [6.45, 7) is 2.53. The van der Waals surface area contributed by atoms with Gasteiger partial charge in [0, 0.05) is 6.54 Å². The van der Waals surface area contributed by atoms with Crippen molar-refractivity contribution >= 4 is 21.6 Å². The van der Waals surface area contributed by atoms with Crippen LogP contribution in [0, 0.1) is 5.82 Å². The van der Waals surface area contributed by atoms with E-state index < -0.39 is 27.8 Å². The normalized spacial score (nSPS) is 17.6. The quantitative estimate of drug-likeness (QED) is 0.820.